The number of aromatic hydroxyl groups is 1. The van der Waals surface area contributed by atoms with Gasteiger partial charge in [0.25, 0.3) is 0 Å². The molecule has 1 aliphatic rings. The monoisotopic (exact) mass is 505 g/mol. The molecule has 3 aromatic rings. The zero-order chi connectivity index (χ0) is 26.6. The molecule has 0 aliphatic heterocycles. The lowest BCUT2D eigenvalue weighted by atomic mass is 9.93. The van der Waals surface area contributed by atoms with Crippen LogP contribution in [0.3, 0.4) is 0 Å². The van der Waals surface area contributed by atoms with Gasteiger partial charge in [-0.1, -0.05) is 48.5 Å². The number of aromatic nitrogens is 1. The summed E-state index contributed by atoms with van der Waals surface area (Å²) in [5.41, 5.74) is 4.11. The minimum absolute atomic E-state index is 0.107. The third-order valence-corrected chi connectivity index (χ3v) is 6.76. The normalized spacial score (nSPS) is 17.9. The smallest absolute Gasteiger partial charge is 0.224 e. The van der Waals surface area contributed by atoms with Gasteiger partial charge in [0.05, 0.1) is 30.9 Å². The van der Waals surface area contributed by atoms with Crippen LogP contribution in [0.1, 0.15) is 59.6 Å². The number of β-amino-alcohol motifs (C(OH)–C–C–N with tert-alkyl or cyclic N) is 1. The molecule has 3 atom stereocenters. The highest BCUT2D eigenvalue weighted by Crippen LogP contribution is 2.31. The molecule has 0 saturated carbocycles. The summed E-state index contributed by atoms with van der Waals surface area (Å²) in [5.74, 6) is -0.244. The van der Waals surface area contributed by atoms with Crippen molar-refractivity contribution in [3.63, 3.8) is 0 Å². The van der Waals surface area contributed by atoms with Crippen molar-refractivity contribution in [1.29, 1.82) is 0 Å². The van der Waals surface area contributed by atoms with Gasteiger partial charge in [0.1, 0.15) is 17.5 Å². The van der Waals surface area contributed by atoms with E-state index in [1.54, 1.807) is 0 Å². The molecule has 2 aromatic carbocycles. The molecule has 0 spiro atoms. The number of amides is 1. The van der Waals surface area contributed by atoms with Gasteiger partial charge in [-0.15, -0.1) is 0 Å². The molecule has 0 saturated heterocycles. The van der Waals surface area contributed by atoms with Crippen LogP contribution in [0, 0.1) is 0 Å². The molecule has 8 nitrogen and oxygen atoms in total. The molecule has 0 radical (unpaired) electrons. The Morgan fingerprint density at radius 2 is 1.86 bits per heavy atom. The first kappa shape index (κ1) is 26.8. The van der Waals surface area contributed by atoms with E-state index in [2.05, 4.69) is 15.6 Å². The molecule has 1 aliphatic carbocycles. The maximum absolute atomic E-state index is 12.8. The topological polar surface area (TPSA) is 135 Å². The second kappa shape index (κ2) is 11.4. The molecule has 0 bridgehead atoms. The van der Waals surface area contributed by atoms with E-state index in [0.29, 0.717) is 18.5 Å². The van der Waals surface area contributed by atoms with Crippen molar-refractivity contribution in [1.82, 2.24) is 15.6 Å². The number of benzene rings is 2. The second-order valence-corrected chi connectivity index (χ2v) is 10.3. The van der Waals surface area contributed by atoms with Gasteiger partial charge in [0, 0.05) is 18.5 Å². The molecular formula is C29H35N3O5. The van der Waals surface area contributed by atoms with Crippen LogP contribution in [0.5, 0.6) is 5.75 Å². The lowest BCUT2D eigenvalue weighted by Crippen LogP contribution is -2.43. The highest BCUT2D eigenvalue weighted by Gasteiger charge is 2.31. The number of hydrogen-bond donors (Lipinski definition) is 6. The molecule has 0 fully saturated rings. The van der Waals surface area contributed by atoms with Gasteiger partial charge in [-0.25, -0.2) is 4.98 Å². The second-order valence-electron chi connectivity index (χ2n) is 10.3. The van der Waals surface area contributed by atoms with E-state index in [1.165, 1.54) is 12.1 Å². The van der Waals surface area contributed by atoms with Crippen LogP contribution in [0.2, 0.25) is 0 Å². The molecule has 196 valence electrons. The van der Waals surface area contributed by atoms with E-state index in [0.717, 1.165) is 22.3 Å². The average molecular weight is 506 g/mol. The Kier molecular flexibility index (Phi) is 8.24. The summed E-state index contributed by atoms with van der Waals surface area (Å²) in [5, 5.41) is 46.3. The van der Waals surface area contributed by atoms with Crippen molar-refractivity contribution in [3.8, 4) is 5.75 Å². The van der Waals surface area contributed by atoms with Crippen LogP contribution >= 0.6 is 0 Å². The molecule has 1 aromatic heterocycles. The number of pyridine rings is 1. The molecule has 1 unspecified atom stereocenters. The van der Waals surface area contributed by atoms with Crippen molar-refractivity contribution in [2.24, 2.45) is 0 Å². The molecule has 1 amide bonds. The summed E-state index contributed by atoms with van der Waals surface area (Å²) >= 11 is 0. The Morgan fingerprint density at radius 3 is 2.65 bits per heavy atom. The Bertz CT molecular complexity index is 1250. The van der Waals surface area contributed by atoms with Crippen molar-refractivity contribution in [3.05, 3.63) is 94.3 Å². The first-order valence-electron chi connectivity index (χ1n) is 12.5. The minimum Gasteiger partial charge on any atom is -0.506 e. The molecule has 8 heteroatoms. The van der Waals surface area contributed by atoms with Crippen molar-refractivity contribution >= 4 is 5.91 Å². The SMILES string of the molecule is CC(C)(Cc1cccc(CC(=O)N[C@H]2c3ccccc3C[C@H]2O)c1)NCC(O)c1ccc(O)c(CO)n1. The zero-order valence-corrected chi connectivity index (χ0v) is 21.2. The predicted octanol–water partition coefficient (Wildman–Crippen LogP) is 2.24. The van der Waals surface area contributed by atoms with Gasteiger partial charge in [0.2, 0.25) is 5.91 Å². The van der Waals surface area contributed by atoms with Crippen molar-refractivity contribution < 1.29 is 25.2 Å². The van der Waals surface area contributed by atoms with Gasteiger partial charge < -0.3 is 31.1 Å². The number of nitrogens with one attached hydrogen (secondary N) is 2. The largest absolute Gasteiger partial charge is 0.506 e. The third kappa shape index (κ3) is 6.72. The number of carbonyl (C=O) groups excluding carboxylic acids is 1. The number of aliphatic hydroxyl groups excluding tert-OH is 3. The van der Waals surface area contributed by atoms with Gasteiger partial charge in [-0.3, -0.25) is 4.79 Å². The fourth-order valence-electron chi connectivity index (χ4n) is 4.87. The zero-order valence-electron chi connectivity index (χ0n) is 21.2. The van der Waals surface area contributed by atoms with E-state index in [9.17, 15) is 25.2 Å². The van der Waals surface area contributed by atoms with Crippen molar-refractivity contribution in [2.45, 2.75) is 63.5 Å². The van der Waals surface area contributed by atoms with E-state index in [1.807, 2.05) is 62.4 Å². The van der Waals surface area contributed by atoms with E-state index >= 15 is 0 Å². The third-order valence-electron chi connectivity index (χ3n) is 6.76. The lowest BCUT2D eigenvalue weighted by Gasteiger charge is -2.28. The van der Waals surface area contributed by atoms with Crippen LogP contribution < -0.4 is 10.6 Å². The van der Waals surface area contributed by atoms with Crippen molar-refractivity contribution in [2.75, 3.05) is 6.54 Å². The molecule has 4 rings (SSSR count). The summed E-state index contributed by atoms with van der Waals surface area (Å²) < 4.78 is 0. The number of nitrogens with zero attached hydrogens (tertiary/aromatic N) is 1. The number of hydrogen-bond acceptors (Lipinski definition) is 7. The summed E-state index contributed by atoms with van der Waals surface area (Å²) in [4.78, 5) is 16.9. The van der Waals surface area contributed by atoms with Crippen LogP contribution in [-0.2, 0) is 30.7 Å². The predicted molar refractivity (Wildman–Crippen MR) is 140 cm³/mol. The lowest BCUT2D eigenvalue weighted by molar-refractivity contribution is -0.121. The maximum atomic E-state index is 12.8. The summed E-state index contributed by atoms with van der Waals surface area (Å²) in [6.07, 6.45) is -0.114. The first-order valence-corrected chi connectivity index (χ1v) is 12.5. The van der Waals surface area contributed by atoms with E-state index in [4.69, 9.17) is 0 Å². The standard InChI is InChI=1S/C29H35N3O5/c1-29(2,30-16-26(36)22-10-11-24(34)23(17-33)31-22)15-19-7-5-6-18(12-19)13-27(37)32-28-21-9-4-3-8-20(21)14-25(28)35/h3-12,25-26,28,30,33-36H,13-17H2,1-2H3,(H,32,37)/t25-,26?,28+/m1/s1. The van der Waals surface area contributed by atoms with Crippen LogP contribution in [0.25, 0.3) is 0 Å². The number of aliphatic hydroxyl groups is 3. The van der Waals surface area contributed by atoms with E-state index in [-0.39, 0.29) is 35.9 Å². The number of fused-ring (bicyclic) bond motifs is 1. The Hall–Kier alpha value is -3.30. The Balaban J connectivity index is 1.33. The van der Waals surface area contributed by atoms with Crippen LogP contribution in [0.4, 0.5) is 0 Å². The van der Waals surface area contributed by atoms with Crippen LogP contribution in [-0.4, -0.2) is 49.5 Å². The Morgan fingerprint density at radius 1 is 1.11 bits per heavy atom. The average Bonchev–Trinajstić information content (AvgIpc) is 3.17. The van der Waals surface area contributed by atoms with Crippen LogP contribution in [0.15, 0.2) is 60.7 Å². The molecular weight excluding hydrogens is 470 g/mol. The number of rotatable bonds is 10. The van der Waals surface area contributed by atoms with E-state index < -0.39 is 24.9 Å². The highest BCUT2D eigenvalue weighted by molar-refractivity contribution is 5.79. The Labute approximate surface area is 217 Å². The molecule has 1 heterocycles. The minimum atomic E-state index is -0.906. The first-order chi connectivity index (χ1) is 17.6. The summed E-state index contributed by atoms with van der Waals surface area (Å²) in [7, 11) is 0. The fraction of sp³-hybridized carbons (Fsp3) is 0.379. The summed E-state index contributed by atoms with van der Waals surface area (Å²) in [6.45, 7) is 3.89. The van der Waals surface area contributed by atoms with Gasteiger partial charge in [-0.05, 0) is 54.7 Å². The molecule has 6 N–H and O–H groups in total. The quantitative estimate of drug-likeness (QED) is 0.249. The van der Waals surface area contributed by atoms with Gasteiger partial charge >= 0.3 is 0 Å². The van der Waals surface area contributed by atoms with Gasteiger partial charge in [0.15, 0.2) is 0 Å². The number of carbonyl (C=O) groups is 1. The highest BCUT2D eigenvalue weighted by atomic mass is 16.3. The molecule has 37 heavy (non-hydrogen) atoms. The fourth-order valence-corrected chi connectivity index (χ4v) is 4.87. The van der Waals surface area contributed by atoms with Gasteiger partial charge in [-0.2, -0.15) is 0 Å². The summed E-state index contributed by atoms with van der Waals surface area (Å²) in [6, 6.07) is 18.2. The maximum Gasteiger partial charge on any atom is 0.224 e.